The number of aromatic nitrogens is 3. The van der Waals surface area contributed by atoms with Crippen molar-refractivity contribution in [3.8, 4) is 28.3 Å². The molecule has 6 heteroatoms. The molecule has 0 saturated carbocycles. The van der Waals surface area contributed by atoms with Crippen LogP contribution < -0.4 is 4.74 Å². The molecule has 0 saturated heterocycles. The minimum Gasteiger partial charge on any atom is -0.489 e. The summed E-state index contributed by atoms with van der Waals surface area (Å²) >= 11 is 0. The molecule has 0 amide bonds. The summed E-state index contributed by atoms with van der Waals surface area (Å²) in [5, 5.41) is 14.3. The Labute approximate surface area is 215 Å². The van der Waals surface area contributed by atoms with Crippen LogP contribution in [0.25, 0.3) is 22.5 Å². The molecule has 0 spiro atoms. The van der Waals surface area contributed by atoms with Crippen molar-refractivity contribution in [3.63, 3.8) is 0 Å². The number of benzene rings is 3. The van der Waals surface area contributed by atoms with Crippen molar-refractivity contribution in [3.05, 3.63) is 126 Å². The van der Waals surface area contributed by atoms with Gasteiger partial charge in [0.05, 0.1) is 23.9 Å². The number of carboxylic acids is 1. The Kier molecular flexibility index (Phi) is 7.08. The van der Waals surface area contributed by atoms with E-state index in [1.807, 2.05) is 109 Å². The molecule has 3 aromatic carbocycles. The second-order valence-corrected chi connectivity index (χ2v) is 8.91. The Morgan fingerprint density at radius 1 is 0.865 bits per heavy atom. The topological polar surface area (TPSA) is 77.2 Å². The summed E-state index contributed by atoms with van der Waals surface area (Å²) in [5.41, 5.74) is 6.35. The van der Waals surface area contributed by atoms with Crippen LogP contribution in [0.3, 0.4) is 0 Å². The summed E-state index contributed by atoms with van der Waals surface area (Å²) in [6.07, 6.45) is 3.67. The van der Waals surface area contributed by atoms with Crippen molar-refractivity contribution in [2.75, 3.05) is 0 Å². The molecule has 0 aliphatic carbocycles. The number of hydrogen-bond donors (Lipinski definition) is 1. The number of ether oxygens (including phenoxy) is 1. The molecule has 0 bridgehead atoms. The van der Waals surface area contributed by atoms with Crippen molar-refractivity contribution in [2.24, 2.45) is 0 Å². The van der Waals surface area contributed by atoms with E-state index in [1.54, 1.807) is 11.6 Å². The highest BCUT2D eigenvalue weighted by Gasteiger charge is 2.22. The van der Waals surface area contributed by atoms with E-state index in [-0.39, 0.29) is 0 Å². The number of nitrogens with zero attached hydrogens (tertiary/aromatic N) is 3. The Morgan fingerprint density at radius 3 is 2.14 bits per heavy atom. The van der Waals surface area contributed by atoms with Gasteiger partial charge in [0.15, 0.2) is 0 Å². The van der Waals surface area contributed by atoms with Gasteiger partial charge in [0.2, 0.25) is 0 Å². The van der Waals surface area contributed by atoms with E-state index in [4.69, 9.17) is 9.84 Å². The van der Waals surface area contributed by atoms with Gasteiger partial charge in [-0.1, -0.05) is 78.9 Å². The van der Waals surface area contributed by atoms with E-state index >= 15 is 0 Å². The van der Waals surface area contributed by atoms with Gasteiger partial charge in [-0.3, -0.25) is 14.5 Å². The lowest BCUT2D eigenvalue weighted by atomic mass is 9.98. The maximum atomic E-state index is 11.7. The number of carboxylic acid groups (broad SMARTS) is 1. The van der Waals surface area contributed by atoms with E-state index in [1.165, 1.54) is 0 Å². The lowest BCUT2D eigenvalue weighted by Crippen LogP contribution is -2.07. The molecular weight excluding hydrogens is 462 g/mol. The highest BCUT2D eigenvalue weighted by atomic mass is 16.5. The quantitative estimate of drug-likeness (QED) is 0.258. The molecular formula is C31H27N3O3. The van der Waals surface area contributed by atoms with E-state index in [0.29, 0.717) is 24.4 Å². The van der Waals surface area contributed by atoms with Crippen LogP contribution in [0.4, 0.5) is 0 Å². The second-order valence-electron chi connectivity index (χ2n) is 8.91. The largest absolute Gasteiger partial charge is 0.489 e. The third-order valence-electron chi connectivity index (χ3n) is 6.24. The molecule has 1 atom stereocenters. The average Bonchev–Trinajstić information content (AvgIpc) is 3.37. The Bertz CT molecular complexity index is 1460. The van der Waals surface area contributed by atoms with Gasteiger partial charge in [-0.2, -0.15) is 5.10 Å². The molecule has 37 heavy (non-hydrogen) atoms. The maximum absolute atomic E-state index is 11.7. The molecule has 1 N–H and O–H groups in total. The zero-order chi connectivity index (χ0) is 25.6. The number of rotatable bonds is 9. The Hall–Kier alpha value is -4.71. The van der Waals surface area contributed by atoms with Crippen molar-refractivity contribution >= 4 is 5.97 Å². The monoisotopic (exact) mass is 489 g/mol. The van der Waals surface area contributed by atoms with E-state index in [0.717, 1.165) is 33.7 Å². The summed E-state index contributed by atoms with van der Waals surface area (Å²) in [7, 11) is 0. The Morgan fingerprint density at radius 2 is 1.51 bits per heavy atom. The number of carbonyl (C=O) groups is 1. The average molecular weight is 490 g/mol. The van der Waals surface area contributed by atoms with Crippen LogP contribution in [-0.4, -0.2) is 25.8 Å². The van der Waals surface area contributed by atoms with Gasteiger partial charge in [-0.15, -0.1) is 0 Å². The van der Waals surface area contributed by atoms with Crippen LogP contribution in [-0.2, 0) is 17.9 Å². The molecule has 2 aromatic heterocycles. The summed E-state index contributed by atoms with van der Waals surface area (Å²) in [6, 6.07) is 31.6. The lowest BCUT2D eigenvalue weighted by Gasteiger charge is -2.08. The maximum Gasteiger partial charge on any atom is 0.310 e. The zero-order valence-electron chi connectivity index (χ0n) is 20.5. The van der Waals surface area contributed by atoms with Crippen LogP contribution in [0.5, 0.6) is 5.75 Å². The summed E-state index contributed by atoms with van der Waals surface area (Å²) in [4.78, 5) is 16.2. The van der Waals surface area contributed by atoms with Gasteiger partial charge in [0.25, 0.3) is 0 Å². The first-order valence-electron chi connectivity index (χ1n) is 12.1. The number of hydrogen-bond acceptors (Lipinski definition) is 4. The third kappa shape index (κ3) is 5.76. The first-order valence-corrected chi connectivity index (χ1v) is 12.1. The molecule has 184 valence electrons. The fourth-order valence-corrected chi connectivity index (χ4v) is 4.12. The molecule has 0 radical (unpaired) electrons. The van der Waals surface area contributed by atoms with Gasteiger partial charge >= 0.3 is 5.97 Å². The van der Waals surface area contributed by atoms with Crippen LogP contribution in [0, 0.1) is 0 Å². The molecule has 1 unspecified atom stereocenters. The van der Waals surface area contributed by atoms with Crippen molar-refractivity contribution in [1.82, 2.24) is 14.8 Å². The van der Waals surface area contributed by atoms with Crippen LogP contribution in [0.2, 0.25) is 0 Å². The number of pyridine rings is 1. The standard InChI is InChI=1S/C31H27N3O3/c1-22(31(35)36)28-20-34(33-30(28)26-10-6-3-7-11-26)19-23-12-15-27(16-13-23)37-21-24-14-17-29(32-18-24)25-8-4-2-5-9-25/h2-18,20,22H,19,21H2,1H3,(H,35,36). The Balaban J connectivity index is 1.24. The fraction of sp³-hybridized carbons (Fsp3) is 0.129. The first kappa shape index (κ1) is 24.0. The minimum atomic E-state index is -0.872. The van der Waals surface area contributed by atoms with Crippen molar-refractivity contribution in [1.29, 1.82) is 0 Å². The zero-order valence-corrected chi connectivity index (χ0v) is 20.5. The molecule has 6 nitrogen and oxygen atoms in total. The molecule has 5 rings (SSSR count). The lowest BCUT2D eigenvalue weighted by molar-refractivity contribution is -0.138. The van der Waals surface area contributed by atoms with Crippen LogP contribution >= 0.6 is 0 Å². The fourth-order valence-electron chi connectivity index (χ4n) is 4.12. The van der Waals surface area contributed by atoms with E-state index < -0.39 is 11.9 Å². The SMILES string of the molecule is CC(C(=O)O)c1cn(Cc2ccc(OCc3ccc(-c4ccccc4)nc3)cc2)nc1-c1ccccc1. The van der Waals surface area contributed by atoms with E-state index in [2.05, 4.69) is 4.98 Å². The summed E-state index contributed by atoms with van der Waals surface area (Å²) in [6.45, 7) is 2.64. The second kappa shape index (κ2) is 10.9. The van der Waals surface area contributed by atoms with Gasteiger partial charge in [0.1, 0.15) is 12.4 Å². The van der Waals surface area contributed by atoms with Gasteiger partial charge in [-0.25, -0.2) is 0 Å². The molecule has 0 fully saturated rings. The van der Waals surface area contributed by atoms with Crippen molar-refractivity contribution < 1.29 is 14.6 Å². The highest BCUT2D eigenvalue weighted by molar-refractivity contribution is 5.79. The molecule has 0 aliphatic heterocycles. The van der Waals surface area contributed by atoms with Gasteiger partial charge < -0.3 is 9.84 Å². The van der Waals surface area contributed by atoms with Crippen LogP contribution in [0.15, 0.2) is 109 Å². The molecule has 0 aliphatic rings. The first-order chi connectivity index (χ1) is 18.1. The third-order valence-corrected chi connectivity index (χ3v) is 6.24. The van der Waals surface area contributed by atoms with E-state index in [9.17, 15) is 9.90 Å². The predicted octanol–water partition coefficient (Wildman–Crippen LogP) is 6.43. The molecule has 5 aromatic rings. The van der Waals surface area contributed by atoms with Gasteiger partial charge in [-0.05, 0) is 30.7 Å². The number of aliphatic carboxylic acids is 1. The van der Waals surface area contributed by atoms with Gasteiger partial charge in [0, 0.05) is 34.6 Å². The summed E-state index contributed by atoms with van der Waals surface area (Å²) in [5.74, 6) is -0.763. The van der Waals surface area contributed by atoms with Crippen molar-refractivity contribution in [2.45, 2.75) is 26.0 Å². The minimum absolute atomic E-state index is 0.428. The van der Waals surface area contributed by atoms with Crippen LogP contribution in [0.1, 0.15) is 29.5 Å². The highest BCUT2D eigenvalue weighted by Crippen LogP contribution is 2.29. The molecule has 2 heterocycles. The smallest absolute Gasteiger partial charge is 0.310 e. The normalized spacial score (nSPS) is 11.7. The predicted molar refractivity (Wildman–Crippen MR) is 143 cm³/mol. The summed E-state index contributed by atoms with van der Waals surface area (Å²) < 4.78 is 7.75.